The van der Waals surface area contributed by atoms with Crippen LogP contribution < -0.4 is 0 Å². The van der Waals surface area contributed by atoms with Gasteiger partial charge in [-0.1, -0.05) is 346 Å². The molecule has 0 radical (unpaired) electrons. The predicted octanol–water partition coefficient (Wildman–Crippen LogP) is 28.9. The van der Waals surface area contributed by atoms with Crippen molar-refractivity contribution < 1.29 is 0 Å². The molecule has 0 unspecified atom stereocenters. The van der Waals surface area contributed by atoms with Gasteiger partial charge in [-0.2, -0.15) is 0 Å². The fourth-order valence-electron chi connectivity index (χ4n) is 18.1. The Labute approximate surface area is 702 Å². The highest BCUT2D eigenvalue weighted by atomic mass is 15.0. The molecule has 0 aliphatic carbocycles. The second kappa shape index (κ2) is 29.9. The van der Waals surface area contributed by atoms with Gasteiger partial charge in [-0.15, -0.1) is 0 Å². The lowest BCUT2D eigenvalue weighted by Gasteiger charge is -2.14. The molecule has 6 aromatic heterocycles. The first-order chi connectivity index (χ1) is 60.5. The van der Waals surface area contributed by atoms with E-state index >= 15 is 0 Å². The molecule has 0 spiro atoms. The molecule has 18 aromatic carbocycles. The van der Waals surface area contributed by atoms with Crippen molar-refractivity contribution in [3.8, 4) is 124 Å². The number of fused-ring (bicyclic) bond motifs is 16. The monoisotopic (exact) mass is 1550 g/mol. The SMILES string of the molecule is c1ccc(-c2cc(-c3ccc(-n4c5ccccc5c5c(-c6cccc(-c7cc8ccccc8c8ccccc78)c6)nc6ccccc6c54)cc3)nc(-c3ccccc3)n2)cc1.c1ccc(-c2nc(-c3ccccc3)nc(-c3ccc(-n4c5ccccc5c5c(-c6ccc(-c7cc8ccccc8c8ccccc78)cc6)nc6ccccc6c54)cc3)n2)cc1. The minimum absolute atomic E-state index is 0.624. The smallest absolute Gasteiger partial charge is 0.164 e. The second-order valence-corrected chi connectivity index (χ2v) is 31.0. The van der Waals surface area contributed by atoms with Gasteiger partial charge >= 0.3 is 0 Å². The van der Waals surface area contributed by atoms with Crippen LogP contribution >= 0.6 is 0 Å². The van der Waals surface area contributed by atoms with Crippen molar-refractivity contribution in [2.24, 2.45) is 0 Å². The lowest BCUT2D eigenvalue weighted by Crippen LogP contribution is -2.00. The highest BCUT2D eigenvalue weighted by molar-refractivity contribution is 6.25. The van der Waals surface area contributed by atoms with Gasteiger partial charge < -0.3 is 9.13 Å². The Morgan fingerprint density at radius 2 is 0.484 bits per heavy atom. The normalized spacial score (nSPS) is 11.6. The van der Waals surface area contributed by atoms with Crippen LogP contribution in [-0.4, -0.2) is 44.0 Å². The molecule has 0 amide bonds. The number of nitrogens with zero attached hydrogens (tertiary/aromatic N) is 9. The molecule has 0 saturated carbocycles. The number of hydrogen-bond acceptors (Lipinski definition) is 7. The van der Waals surface area contributed by atoms with E-state index in [-0.39, 0.29) is 0 Å². The summed E-state index contributed by atoms with van der Waals surface area (Å²) in [5.74, 6) is 2.61. The van der Waals surface area contributed by atoms with Crippen molar-refractivity contribution in [3.63, 3.8) is 0 Å². The van der Waals surface area contributed by atoms with E-state index in [1.165, 1.54) is 59.8 Å². The minimum Gasteiger partial charge on any atom is -0.308 e. The Bertz CT molecular complexity index is 8100. The average molecular weight is 1550 g/mol. The summed E-state index contributed by atoms with van der Waals surface area (Å²) >= 11 is 0. The van der Waals surface area contributed by atoms with E-state index in [9.17, 15) is 0 Å². The highest BCUT2D eigenvalue weighted by Crippen LogP contribution is 2.47. The van der Waals surface area contributed by atoms with Crippen LogP contribution in [0.2, 0.25) is 0 Å². The van der Waals surface area contributed by atoms with E-state index in [1.807, 2.05) is 97.1 Å². The van der Waals surface area contributed by atoms with E-state index in [4.69, 9.17) is 34.9 Å². The maximum atomic E-state index is 5.47. The zero-order chi connectivity index (χ0) is 80.6. The van der Waals surface area contributed by atoms with Crippen LogP contribution in [0.25, 0.3) is 233 Å². The number of pyridine rings is 2. The molecule has 0 fully saturated rings. The molecule has 122 heavy (non-hydrogen) atoms. The Balaban J connectivity index is 0.000000142. The third-order valence-electron chi connectivity index (χ3n) is 23.8. The Morgan fingerprint density at radius 3 is 0.951 bits per heavy atom. The summed E-state index contributed by atoms with van der Waals surface area (Å²) in [5, 5.41) is 16.8. The van der Waals surface area contributed by atoms with Crippen LogP contribution in [-0.2, 0) is 0 Å². The van der Waals surface area contributed by atoms with Gasteiger partial charge in [-0.25, -0.2) is 34.9 Å². The third-order valence-corrected chi connectivity index (χ3v) is 23.8. The average Bonchev–Trinajstić information content (AvgIpc) is 1.56. The van der Waals surface area contributed by atoms with Crippen molar-refractivity contribution in [2.75, 3.05) is 0 Å². The van der Waals surface area contributed by atoms with E-state index in [2.05, 4.69) is 343 Å². The molecule has 0 N–H and O–H groups in total. The summed E-state index contributed by atoms with van der Waals surface area (Å²) < 4.78 is 4.79. The van der Waals surface area contributed by atoms with Gasteiger partial charge in [0.1, 0.15) is 0 Å². The Hall–Kier alpha value is -16.5. The van der Waals surface area contributed by atoms with Crippen molar-refractivity contribution >= 4 is 109 Å². The summed E-state index contributed by atoms with van der Waals surface area (Å²) in [6.07, 6.45) is 0. The largest absolute Gasteiger partial charge is 0.308 e. The van der Waals surface area contributed by atoms with Gasteiger partial charge in [0.05, 0.1) is 55.9 Å². The minimum atomic E-state index is 0.624. The molecule has 0 aliphatic heterocycles. The van der Waals surface area contributed by atoms with Crippen LogP contribution in [0.4, 0.5) is 0 Å². The van der Waals surface area contributed by atoms with Crippen LogP contribution in [0.15, 0.2) is 431 Å². The summed E-state index contributed by atoms with van der Waals surface area (Å²) in [4.78, 5) is 35.9. The van der Waals surface area contributed by atoms with E-state index in [0.717, 1.165) is 150 Å². The van der Waals surface area contributed by atoms with Gasteiger partial charge in [0.25, 0.3) is 0 Å². The van der Waals surface area contributed by atoms with Crippen LogP contribution in [0, 0.1) is 0 Å². The molecule has 0 saturated heterocycles. The maximum absolute atomic E-state index is 5.47. The molecule has 9 heteroatoms. The lowest BCUT2D eigenvalue weighted by molar-refractivity contribution is 1.07. The van der Waals surface area contributed by atoms with E-state index in [1.54, 1.807) is 0 Å². The highest BCUT2D eigenvalue weighted by Gasteiger charge is 2.25. The van der Waals surface area contributed by atoms with Crippen molar-refractivity contribution in [1.82, 2.24) is 44.0 Å². The Kier molecular flexibility index (Phi) is 17.4. The van der Waals surface area contributed by atoms with Crippen molar-refractivity contribution in [1.29, 1.82) is 0 Å². The van der Waals surface area contributed by atoms with Crippen molar-refractivity contribution in [2.45, 2.75) is 0 Å². The van der Waals surface area contributed by atoms with Crippen LogP contribution in [0.3, 0.4) is 0 Å². The molecule has 0 bridgehead atoms. The molecule has 24 aromatic rings. The van der Waals surface area contributed by atoms with Gasteiger partial charge in [0.2, 0.25) is 0 Å². The first-order valence-electron chi connectivity index (χ1n) is 41.3. The first-order valence-corrected chi connectivity index (χ1v) is 41.3. The van der Waals surface area contributed by atoms with Crippen molar-refractivity contribution in [3.05, 3.63) is 431 Å². The fraction of sp³-hybridized carbons (Fsp3) is 0. The van der Waals surface area contributed by atoms with Gasteiger partial charge in [-0.3, -0.25) is 0 Å². The predicted molar refractivity (Wildman–Crippen MR) is 506 cm³/mol. The zero-order valence-corrected chi connectivity index (χ0v) is 66.0. The van der Waals surface area contributed by atoms with Gasteiger partial charge in [0, 0.05) is 88.2 Å². The summed E-state index contributed by atoms with van der Waals surface area (Å²) in [7, 11) is 0. The topological polar surface area (TPSA) is 100 Å². The third kappa shape index (κ3) is 12.5. The summed E-state index contributed by atoms with van der Waals surface area (Å²) in [6, 6.07) is 152. The summed E-state index contributed by atoms with van der Waals surface area (Å²) in [6.45, 7) is 0. The number of rotatable bonds is 12. The molecule has 568 valence electrons. The lowest BCUT2D eigenvalue weighted by atomic mass is 9.92. The quantitative estimate of drug-likeness (QED) is 0.112. The molecular weight excluding hydrogens is 1480 g/mol. The second-order valence-electron chi connectivity index (χ2n) is 31.0. The number of benzene rings is 18. The molecule has 6 heterocycles. The number of para-hydroxylation sites is 4. The maximum Gasteiger partial charge on any atom is 0.164 e. The van der Waals surface area contributed by atoms with Crippen LogP contribution in [0.1, 0.15) is 0 Å². The fourth-order valence-corrected chi connectivity index (χ4v) is 18.1. The zero-order valence-electron chi connectivity index (χ0n) is 66.0. The molecular formula is C113H71N9. The molecule has 24 rings (SSSR count). The number of hydrogen-bond donors (Lipinski definition) is 0. The Morgan fingerprint density at radius 1 is 0.172 bits per heavy atom. The molecule has 0 atom stereocenters. The first kappa shape index (κ1) is 70.9. The van der Waals surface area contributed by atoms with E-state index < -0.39 is 0 Å². The van der Waals surface area contributed by atoms with Crippen LogP contribution in [0.5, 0.6) is 0 Å². The molecule has 9 nitrogen and oxygen atoms in total. The standard InChI is InChI=1S/C57H36N4.C56H35N5/c1-3-16-37(17-4-1)51-36-52(60-57(59-51)39-18-5-2-6-19-39)38-30-32-43(33-31-38)61-53-29-14-12-27-48(53)54-55(58-50-28-13-11-26-47(50)56(54)61)42-22-15-21-40(34-42)49-35-41-20-7-8-23-44(41)45-24-9-10-25-46(45)49;1-3-15-38(16-4-1)54-58-55(39-17-5-2-6-18-39)60-56(59-54)40-31-33-42(34-32-40)61-50-26-14-12-24-47(50)51-52(57-49-25-13-11-23-46(49)53(51)61)37-29-27-36(28-30-37)48-35-41-19-7-8-20-43(41)44-21-9-10-22-45(44)48/h1-36H;1-35H. The van der Waals surface area contributed by atoms with Gasteiger partial charge in [-0.05, 0) is 150 Å². The number of aromatic nitrogens is 9. The summed E-state index contributed by atoms with van der Waals surface area (Å²) in [5.41, 5.74) is 25.0. The van der Waals surface area contributed by atoms with E-state index in [0.29, 0.717) is 23.3 Å². The molecule has 0 aliphatic rings. The van der Waals surface area contributed by atoms with Gasteiger partial charge in [0.15, 0.2) is 23.3 Å².